The van der Waals surface area contributed by atoms with Crippen molar-refractivity contribution in [3.63, 3.8) is 0 Å². The summed E-state index contributed by atoms with van der Waals surface area (Å²) in [5.74, 6) is -1.37. The van der Waals surface area contributed by atoms with E-state index in [0.29, 0.717) is 38.0 Å². The molecule has 0 aliphatic carbocycles. The van der Waals surface area contributed by atoms with Gasteiger partial charge in [0.25, 0.3) is 5.91 Å². The lowest BCUT2D eigenvalue weighted by molar-refractivity contribution is -0.141. The second-order valence-corrected chi connectivity index (χ2v) is 8.42. The van der Waals surface area contributed by atoms with Crippen LogP contribution in [0.5, 0.6) is 0 Å². The van der Waals surface area contributed by atoms with Crippen molar-refractivity contribution in [2.75, 3.05) is 19.6 Å². The molecule has 25 heavy (non-hydrogen) atoms. The van der Waals surface area contributed by atoms with Crippen LogP contribution < -0.4 is 0 Å². The van der Waals surface area contributed by atoms with Crippen molar-refractivity contribution in [2.24, 2.45) is 0 Å². The summed E-state index contributed by atoms with van der Waals surface area (Å²) in [5, 5.41) is 9.20. The summed E-state index contributed by atoms with van der Waals surface area (Å²) in [6, 6.07) is 5.00. The molecule has 1 aromatic carbocycles. The number of benzene rings is 1. The SMILES string of the molecule is O=C(O)[C@@H]1CCCN1C(=O)c1ccc(S(=O)(=O)N2CCCCC2)cc1. The maximum atomic E-state index is 12.6. The Bertz CT molecular complexity index is 754. The number of rotatable bonds is 4. The van der Waals surface area contributed by atoms with Gasteiger partial charge < -0.3 is 10.0 Å². The molecule has 0 bridgehead atoms. The number of hydrogen-bond acceptors (Lipinski definition) is 4. The Labute approximate surface area is 147 Å². The first-order chi connectivity index (χ1) is 11.9. The molecular weight excluding hydrogens is 344 g/mol. The number of carbonyl (C=O) groups excluding carboxylic acids is 1. The molecule has 0 aromatic heterocycles. The third-order valence-electron chi connectivity index (χ3n) is 4.85. The van der Waals surface area contributed by atoms with Crippen molar-refractivity contribution in [1.29, 1.82) is 0 Å². The minimum atomic E-state index is -3.53. The molecule has 2 saturated heterocycles. The van der Waals surface area contributed by atoms with E-state index < -0.39 is 22.0 Å². The summed E-state index contributed by atoms with van der Waals surface area (Å²) in [6.45, 7) is 1.46. The van der Waals surface area contributed by atoms with Gasteiger partial charge in [-0.1, -0.05) is 6.42 Å². The lowest BCUT2D eigenvalue weighted by atomic mass is 10.1. The van der Waals surface area contributed by atoms with E-state index in [1.54, 1.807) is 0 Å². The second-order valence-electron chi connectivity index (χ2n) is 6.48. The highest BCUT2D eigenvalue weighted by Gasteiger charge is 2.34. The van der Waals surface area contributed by atoms with Crippen molar-refractivity contribution in [3.8, 4) is 0 Å². The highest BCUT2D eigenvalue weighted by Crippen LogP contribution is 2.23. The zero-order valence-electron chi connectivity index (χ0n) is 13.9. The Kier molecular flexibility index (Phi) is 5.10. The molecule has 2 aliphatic rings. The van der Waals surface area contributed by atoms with E-state index in [2.05, 4.69) is 0 Å². The summed E-state index contributed by atoms with van der Waals surface area (Å²) < 4.78 is 26.7. The fourth-order valence-corrected chi connectivity index (χ4v) is 4.97. The van der Waals surface area contributed by atoms with Crippen molar-refractivity contribution < 1.29 is 23.1 Å². The number of aliphatic carboxylic acids is 1. The first kappa shape index (κ1) is 17.9. The molecule has 1 N–H and O–H groups in total. The molecule has 3 rings (SSSR count). The highest BCUT2D eigenvalue weighted by molar-refractivity contribution is 7.89. The predicted molar refractivity (Wildman–Crippen MR) is 90.7 cm³/mol. The van der Waals surface area contributed by atoms with E-state index in [9.17, 15) is 23.1 Å². The summed E-state index contributed by atoms with van der Waals surface area (Å²) in [5.41, 5.74) is 0.311. The predicted octanol–water partition coefficient (Wildman–Crippen LogP) is 1.55. The normalized spacial score (nSPS) is 22.1. The molecule has 136 valence electrons. The van der Waals surface area contributed by atoms with Crippen LogP contribution in [0.15, 0.2) is 29.2 Å². The van der Waals surface area contributed by atoms with E-state index in [1.807, 2.05) is 0 Å². The highest BCUT2D eigenvalue weighted by atomic mass is 32.2. The monoisotopic (exact) mass is 366 g/mol. The summed E-state index contributed by atoms with van der Waals surface area (Å²) >= 11 is 0. The second kappa shape index (κ2) is 7.13. The zero-order valence-corrected chi connectivity index (χ0v) is 14.7. The number of carboxylic acid groups (broad SMARTS) is 1. The van der Waals surface area contributed by atoms with Gasteiger partial charge in [-0.2, -0.15) is 4.31 Å². The number of likely N-dealkylation sites (tertiary alicyclic amines) is 1. The molecule has 2 aliphatic heterocycles. The molecule has 2 fully saturated rings. The largest absolute Gasteiger partial charge is 0.480 e. The van der Waals surface area contributed by atoms with Gasteiger partial charge in [0.1, 0.15) is 6.04 Å². The van der Waals surface area contributed by atoms with Crippen LogP contribution in [0.1, 0.15) is 42.5 Å². The van der Waals surface area contributed by atoms with Gasteiger partial charge in [0.15, 0.2) is 0 Å². The molecule has 7 nitrogen and oxygen atoms in total. The van der Waals surface area contributed by atoms with Crippen molar-refractivity contribution >= 4 is 21.9 Å². The van der Waals surface area contributed by atoms with Crippen LogP contribution in [0.3, 0.4) is 0 Å². The maximum Gasteiger partial charge on any atom is 0.326 e. The molecule has 0 unspecified atom stereocenters. The average Bonchev–Trinajstić information content (AvgIpc) is 3.12. The van der Waals surface area contributed by atoms with Gasteiger partial charge in [-0.05, 0) is 49.9 Å². The molecule has 1 amide bonds. The Morgan fingerprint density at radius 2 is 1.60 bits per heavy atom. The Hall–Kier alpha value is -1.93. The van der Waals surface area contributed by atoms with Crippen LogP contribution in [-0.4, -0.2) is 60.3 Å². The Morgan fingerprint density at radius 3 is 2.20 bits per heavy atom. The molecule has 0 spiro atoms. The third-order valence-corrected chi connectivity index (χ3v) is 6.77. The van der Waals surface area contributed by atoms with Gasteiger partial charge in [0, 0.05) is 25.2 Å². The van der Waals surface area contributed by atoms with E-state index in [0.717, 1.165) is 19.3 Å². The van der Waals surface area contributed by atoms with E-state index in [1.165, 1.54) is 33.5 Å². The Balaban J connectivity index is 1.78. The fraction of sp³-hybridized carbons (Fsp3) is 0.529. The molecule has 0 radical (unpaired) electrons. The van der Waals surface area contributed by atoms with Crippen LogP contribution in [0.2, 0.25) is 0 Å². The van der Waals surface area contributed by atoms with Gasteiger partial charge in [-0.3, -0.25) is 4.79 Å². The van der Waals surface area contributed by atoms with Gasteiger partial charge in [0.05, 0.1) is 4.90 Å². The molecular formula is C17H22N2O5S. The van der Waals surface area contributed by atoms with E-state index in [-0.39, 0.29) is 10.8 Å². The van der Waals surface area contributed by atoms with Crippen molar-refractivity contribution in [3.05, 3.63) is 29.8 Å². The average molecular weight is 366 g/mol. The third kappa shape index (κ3) is 3.55. The first-order valence-corrected chi connectivity index (χ1v) is 9.99. The molecule has 1 atom stereocenters. The van der Waals surface area contributed by atoms with Crippen LogP contribution in [-0.2, 0) is 14.8 Å². The number of piperidine rings is 1. The van der Waals surface area contributed by atoms with E-state index >= 15 is 0 Å². The van der Waals surface area contributed by atoms with Gasteiger partial charge >= 0.3 is 5.97 Å². The fourth-order valence-electron chi connectivity index (χ4n) is 3.46. The number of amides is 1. The topological polar surface area (TPSA) is 95.0 Å². The number of hydrogen-bond donors (Lipinski definition) is 1. The van der Waals surface area contributed by atoms with E-state index in [4.69, 9.17) is 0 Å². The van der Waals surface area contributed by atoms with Crippen LogP contribution in [0.4, 0.5) is 0 Å². The summed E-state index contributed by atoms with van der Waals surface area (Å²) in [7, 11) is -3.53. The number of carboxylic acids is 1. The molecule has 1 aromatic rings. The van der Waals surface area contributed by atoms with Gasteiger partial charge in [-0.15, -0.1) is 0 Å². The van der Waals surface area contributed by atoms with Gasteiger partial charge in [-0.25, -0.2) is 13.2 Å². The van der Waals surface area contributed by atoms with Crippen molar-refractivity contribution in [1.82, 2.24) is 9.21 Å². The summed E-state index contributed by atoms with van der Waals surface area (Å²) in [6.07, 6.45) is 3.87. The van der Waals surface area contributed by atoms with Gasteiger partial charge in [0.2, 0.25) is 10.0 Å². The van der Waals surface area contributed by atoms with Crippen molar-refractivity contribution in [2.45, 2.75) is 43.0 Å². The minimum Gasteiger partial charge on any atom is -0.480 e. The lowest BCUT2D eigenvalue weighted by Gasteiger charge is -2.26. The lowest BCUT2D eigenvalue weighted by Crippen LogP contribution is -2.40. The van der Waals surface area contributed by atoms with Crippen LogP contribution in [0, 0.1) is 0 Å². The quantitative estimate of drug-likeness (QED) is 0.872. The molecule has 2 heterocycles. The number of sulfonamides is 1. The standard InChI is InChI=1S/C17H22N2O5S/c20-16(19-12-4-5-15(19)17(21)22)13-6-8-14(9-7-13)25(23,24)18-10-2-1-3-11-18/h6-9,15H,1-5,10-12H2,(H,21,22)/t15-/m0/s1. The summed E-state index contributed by atoms with van der Waals surface area (Å²) in [4.78, 5) is 25.3. The number of carbonyl (C=O) groups is 2. The van der Waals surface area contributed by atoms with Crippen LogP contribution in [0.25, 0.3) is 0 Å². The van der Waals surface area contributed by atoms with Crippen LogP contribution >= 0.6 is 0 Å². The smallest absolute Gasteiger partial charge is 0.326 e. The number of nitrogens with zero attached hydrogens (tertiary/aromatic N) is 2. The first-order valence-electron chi connectivity index (χ1n) is 8.55. The Morgan fingerprint density at radius 1 is 0.960 bits per heavy atom. The zero-order chi connectivity index (χ0) is 18.0. The maximum absolute atomic E-state index is 12.6. The molecule has 0 saturated carbocycles. The minimum absolute atomic E-state index is 0.169. The molecule has 8 heteroatoms.